The molecule has 18 heavy (non-hydrogen) atoms. The van der Waals surface area contributed by atoms with Gasteiger partial charge in [-0.3, -0.25) is 4.79 Å². The number of ether oxygens (including phenoxy) is 2. The number of carbonyl (C=O) groups is 1. The van der Waals surface area contributed by atoms with Crippen molar-refractivity contribution >= 4 is 5.91 Å². The monoisotopic (exact) mass is 251 g/mol. The summed E-state index contributed by atoms with van der Waals surface area (Å²) in [7, 11) is 0. The number of nitrogens with one attached hydrogen (secondary N) is 1. The van der Waals surface area contributed by atoms with Crippen molar-refractivity contribution in [3.63, 3.8) is 0 Å². The highest BCUT2D eigenvalue weighted by Gasteiger charge is 2.02. The van der Waals surface area contributed by atoms with Crippen LogP contribution in [0.2, 0.25) is 0 Å². The molecule has 1 radical (unpaired) electrons. The van der Waals surface area contributed by atoms with Gasteiger partial charge in [0.15, 0.2) is 0 Å². The lowest BCUT2D eigenvalue weighted by molar-refractivity contribution is 0.0511. The number of rotatable bonds is 9. The smallest absolute Gasteiger partial charge is 0.251 e. The highest BCUT2D eigenvalue weighted by Crippen LogP contribution is 1.96. The van der Waals surface area contributed by atoms with Crippen LogP contribution in [-0.4, -0.2) is 45.4 Å². The second-order valence-corrected chi connectivity index (χ2v) is 3.56. The average molecular weight is 251 g/mol. The lowest BCUT2D eigenvalue weighted by atomic mass is 10.2. The predicted octanol–water partition coefficient (Wildman–Crippen LogP) is 0.208. The molecule has 5 heteroatoms. The zero-order chi connectivity index (χ0) is 13.1. The minimum Gasteiger partial charge on any atom is -0.378 e. The standard InChI is InChI=1S/C13H19N2O3/c14-6-8-17-10-11-18-9-7-15-13(16)12-4-2-1-3-5-12/h1-2,4-5H,6-11,14H2,(H,15,16). The van der Waals surface area contributed by atoms with Gasteiger partial charge in [0.2, 0.25) is 0 Å². The molecule has 0 fully saturated rings. The first-order valence-corrected chi connectivity index (χ1v) is 5.94. The van der Waals surface area contributed by atoms with E-state index < -0.39 is 0 Å². The molecule has 0 aliphatic carbocycles. The first kappa shape index (κ1) is 14.6. The largest absolute Gasteiger partial charge is 0.378 e. The molecule has 0 unspecified atom stereocenters. The van der Waals surface area contributed by atoms with E-state index in [0.717, 1.165) is 0 Å². The van der Waals surface area contributed by atoms with Crippen molar-refractivity contribution in [3.8, 4) is 0 Å². The molecule has 3 N–H and O–H groups in total. The van der Waals surface area contributed by atoms with E-state index in [1.807, 2.05) is 0 Å². The quantitative estimate of drug-likeness (QED) is 0.615. The summed E-state index contributed by atoms with van der Waals surface area (Å²) in [5.74, 6) is -0.116. The zero-order valence-corrected chi connectivity index (χ0v) is 10.4. The minimum absolute atomic E-state index is 0.116. The molecule has 0 bridgehead atoms. The van der Waals surface area contributed by atoms with Gasteiger partial charge in [0.1, 0.15) is 0 Å². The van der Waals surface area contributed by atoms with Crippen molar-refractivity contribution < 1.29 is 14.3 Å². The van der Waals surface area contributed by atoms with Gasteiger partial charge in [-0.1, -0.05) is 12.1 Å². The number of amides is 1. The lowest BCUT2D eigenvalue weighted by Crippen LogP contribution is -2.27. The Morgan fingerprint density at radius 3 is 2.72 bits per heavy atom. The van der Waals surface area contributed by atoms with Crippen LogP contribution in [0.5, 0.6) is 0 Å². The Morgan fingerprint density at radius 2 is 2.06 bits per heavy atom. The zero-order valence-electron chi connectivity index (χ0n) is 10.4. The van der Waals surface area contributed by atoms with Crippen LogP contribution in [0.1, 0.15) is 10.4 Å². The number of carbonyl (C=O) groups excluding carboxylic acids is 1. The van der Waals surface area contributed by atoms with Crippen LogP contribution in [0.25, 0.3) is 0 Å². The minimum atomic E-state index is -0.116. The summed E-state index contributed by atoms with van der Waals surface area (Å²) in [6.45, 7) is 3.04. The summed E-state index contributed by atoms with van der Waals surface area (Å²) in [5, 5.41) is 2.76. The molecule has 99 valence electrons. The summed E-state index contributed by atoms with van der Waals surface area (Å²) in [6, 6.07) is 9.78. The van der Waals surface area contributed by atoms with Gasteiger partial charge in [0, 0.05) is 18.7 Å². The molecular formula is C13H19N2O3. The molecule has 0 aromatic heterocycles. The van der Waals surface area contributed by atoms with Crippen LogP contribution in [0.15, 0.2) is 24.3 Å². The fraction of sp³-hybridized carbons (Fsp3) is 0.462. The van der Waals surface area contributed by atoms with Crippen molar-refractivity contribution in [3.05, 3.63) is 35.9 Å². The summed E-state index contributed by atoms with van der Waals surface area (Å²) in [5.41, 5.74) is 5.86. The topological polar surface area (TPSA) is 73.6 Å². The molecule has 1 rings (SSSR count). The number of nitrogens with two attached hydrogens (primary N) is 1. The van der Waals surface area contributed by atoms with Gasteiger partial charge in [-0.25, -0.2) is 0 Å². The van der Waals surface area contributed by atoms with Crippen LogP contribution >= 0.6 is 0 Å². The van der Waals surface area contributed by atoms with Gasteiger partial charge < -0.3 is 20.5 Å². The average Bonchev–Trinajstić information content (AvgIpc) is 2.42. The third kappa shape index (κ3) is 6.34. The molecule has 0 atom stereocenters. The third-order valence-electron chi connectivity index (χ3n) is 2.14. The normalized spacial score (nSPS) is 10.3. The van der Waals surface area contributed by atoms with E-state index in [1.165, 1.54) is 0 Å². The van der Waals surface area contributed by atoms with Gasteiger partial charge in [-0.15, -0.1) is 0 Å². The summed E-state index contributed by atoms with van der Waals surface area (Å²) in [6.07, 6.45) is 0. The van der Waals surface area contributed by atoms with E-state index in [-0.39, 0.29) is 5.91 Å². The maximum Gasteiger partial charge on any atom is 0.251 e. The Bertz CT molecular complexity index is 330. The van der Waals surface area contributed by atoms with Gasteiger partial charge in [0.05, 0.1) is 26.4 Å². The lowest BCUT2D eigenvalue weighted by Gasteiger charge is -2.06. The van der Waals surface area contributed by atoms with Crippen molar-refractivity contribution in [1.29, 1.82) is 0 Å². The maximum absolute atomic E-state index is 11.6. The molecule has 1 aromatic carbocycles. The first-order chi connectivity index (χ1) is 8.84. The Kier molecular flexibility index (Phi) is 7.79. The number of hydrogen-bond acceptors (Lipinski definition) is 4. The highest BCUT2D eigenvalue weighted by molar-refractivity contribution is 5.93. The predicted molar refractivity (Wildman–Crippen MR) is 68.3 cm³/mol. The van der Waals surface area contributed by atoms with Crippen molar-refractivity contribution in [1.82, 2.24) is 5.32 Å². The number of benzene rings is 1. The fourth-order valence-electron chi connectivity index (χ4n) is 1.28. The second-order valence-electron chi connectivity index (χ2n) is 3.56. The SMILES string of the molecule is NCCOCCOCCNC(=O)c1c[c]ccc1. The van der Waals surface area contributed by atoms with Gasteiger partial charge in [0.25, 0.3) is 5.91 Å². The van der Waals surface area contributed by atoms with Crippen molar-refractivity contribution in [2.75, 3.05) is 39.5 Å². The molecule has 0 heterocycles. The third-order valence-corrected chi connectivity index (χ3v) is 2.14. The molecule has 0 aliphatic heterocycles. The van der Waals surface area contributed by atoms with Gasteiger partial charge in [-0.05, 0) is 18.2 Å². The van der Waals surface area contributed by atoms with Gasteiger partial charge in [-0.2, -0.15) is 0 Å². The second kappa shape index (κ2) is 9.58. The molecule has 0 spiro atoms. The van der Waals surface area contributed by atoms with Crippen LogP contribution in [0.3, 0.4) is 0 Å². The van der Waals surface area contributed by atoms with E-state index in [2.05, 4.69) is 11.4 Å². The Balaban J connectivity index is 2.00. The van der Waals surface area contributed by atoms with E-state index >= 15 is 0 Å². The van der Waals surface area contributed by atoms with E-state index in [1.54, 1.807) is 24.3 Å². The molecule has 1 amide bonds. The van der Waals surface area contributed by atoms with Crippen molar-refractivity contribution in [2.45, 2.75) is 0 Å². The summed E-state index contributed by atoms with van der Waals surface area (Å²) in [4.78, 5) is 11.6. The van der Waals surface area contributed by atoms with Crippen molar-refractivity contribution in [2.24, 2.45) is 5.73 Å². The van der Waals surface area contributed by atoms with Crippen LogP contribution in [0, 0.1) is 6.07 Å². The molecule has 0 saturated heterocycles. The van der Waals surface area contributed by atoms with Crippen LogP contribution in [-0.2, 0) is 9.47 Å². The summed E-state index contributed by atoms with van der Waals surface area (Å²) < 4.78 is 10.4. The Hall–Kier alpha value is -1.43. The summed E-state index contributed by atoms with van der Waals surface area (Å²) >= 11 is 0. The van der Waals surface area contributed by atoms with E-state index in [9.17, 15) is 4.79 Å². The molecule has 5 nitrogen and oxygen atoms in total. The van der Waals surface area contributed by atoms with Crippen LogP contribution < -0.4 is 11.1 Å². The molecule has 1 aromatic rings. The number of hydrogen-bond donors (Lipinski definition) is 2. The maximum atomic E-state index is 11.6. The Morgan fingerprint density at radius 1 is 1.28 bits per heavy atom. The Labute approximate surface area is 107 Å². The molecule has 0 aliphatic rings. The van der Waals surface area contributed by atoms with Crippen LogP contribution in [0.4, 0.5) is 0 Å². The first-order valence-electron chi connectivity index (χ1n) is 5.94. The van der Waals surface area contributed by atoms with E-state index in [0.29, 0.717) is 45.1 Å². The molecule has 0 saturated carbocycles. The fourth-order valence-corrected chi connectivity index (χ4v) is 1.28. The molecular weight excluding hydrogens is 232 g/mol. The highest BCUT2D eigenvalue weighted by atomic mass is 16.5. The van der Waals surface area contributed by atoms with Gasteiger partial charge >= 0.3 is 0 Å². The van der Waals surface area contributed by atoms with E-state index in [4.69, 9.17) is 15.2 Å².